The molecule has 0 aromatic heterocycles. The molecule has 2 fully saturated rings. The first-order valence-electron chi connectivity index (χ1n) is 9.39. The second-order valence-corrected chi connectivity index (χ2v) is 8.07. The number of likely N-dealkylation sites (tertiary alicyclic amines) is 1. The standard InChI is InChI=1S/C18H35N3O2/c1-18(2,14-22)10-5-11-19-17(23)20-15-8-12-21(13-9-15)16-6-3-4-7-16/h15-16,22H,3-14H2,1-2H3,(H2,19,20,23). The molecule has 2 aliphatic rings. The minimum absolute atomic E-state index is 0.0360. The van der Waals surface area contributed by atoms with Crippen molar-refractivity contribution in [1.82, 2.24) is 15.5 Å². The van der Waals surface area contributed by atoms with Gasteiger partial charge in [-0.15, -0.1) is 0 Å². The number of rotatable bonds is 7. The van der Waals surface area contributed by atoms with Crippen molar-refractivity contribution in [2.45, 2.75) is 77.3 Å². The average Bonchev–Trinajstić information content (AvgIpc) is 3.07. The van der Waals surface area contributed by atoms with Gasteiger partial charge in [0.05, 0.1) is 0 Å². The molecule has 23 heavy (non-hydrogen) atoms. The lowest BCUT2D eigenvalue weighted by Gasteiger charge is -2.36. The van der Waals surface area contributed by atoms with Crippen LogP contribution in [0.4, 0.5) is 4.79 Å². The predicted molar refractivity (Wildman–Crippen MR) is 93.5 cm³/mol. The smallest absolute Gasteiger partial charge is 0.315 e. The van der Waals surface area contributed by atoms with E-state index in [1.807, 2.05) is 13.8 Å². The van der Waals surface area contributed by atoms with Crippen LogP contribution in [-0.2, 0) is 0 Å². The first-order valence-corrected chi connectivity index (χ1v) is 9.39. The number of carbonyl (C=O) groups excluding carboxylic acids is 1. The molecule has 0 aromatic rings. The van der Waals surface area contributed by atoms with Crippen molar-refractivity contribution >= 4 is 6.03 Å². The number of aliphatic hydroxyl groups excluding tert-OH is 1. The Morgan fingerprint density at radius 1 is 1.17 bits per heavy atom. The third-order valence-corrected chi connectivity index (χ3v) is 5.45. The second-order valence-electron chi connectivity index (χ2n) is 8.07. The molecule has 5 heteroatoms. The molecule has 0 radical (unpaired) electrons. The molecule has 2 amide bonds. The second kappa shape index (κ2) is 8.88. The van der Waals surface area contributed by atoms with Gasteiger partial charge in [-0.1, -0.05) is 26.7 Å². The fourth-order valence-electron chi connectivity index (χ4n) is 3.76. The van der Waals surface area contributed by atoms with E-state index in [0.29, 0.717) is 12.6 Å². The van der Waals surface area contributed by atoms with E-state index < -0.39 is 0 Å². The van der Waals surface area contributed by atoms with Crippen LogP contribution in [0.15, 0.2) is 0 Å². The summed E-state index contributed by atoms with van der Waals surface area (Å²) in [6.07, 6.45) is 9.47. The fraction of sp³-hybridized carbons (Fsp3) is 0.944. The van der Waals surface area contributed by atoms with Crippen LogP contribution in [-0.4, -0.2) is 54.4 Å². The van der Waals surface area contributed by atoms with Crippen LogP contribution in [0.5, 0.6) is 0 Å². The largest absolute Gasteiger partial charge is 0.396 e. The highest BCUT2D eigenvalue weighted by atomic mass is 16.3. The number of carbonyl (C=O) groups is 1. The zero-order valence-corrected chi connectivity index (χ0v) is 14.9. The minimum atomic E-state index is -0.0504. The summed E-state index contributed by atoms with van der Waals surface area (Å²) in [5, 5.41) is 15.3. The Labute approximate surface area is 141 Å². The summed E-state index contributed by atoms with van der Waals surface area (Å²) in [5.41, 5.74) is -0.0504. The van der Waals surface area contributed by atoms with Crippen LogP contribution >= 0.6 is 0 Å². The fourth-order valence-corrected chi connectivity index (χ4v) is 3.76. The lowest BCUT2D eigenvalue weighted by Crippen LogP contribution is -2.49. The van der Waals surface area contributed by atoms with Crippen molar-refractivity contribution in [3.63, 3.8) is 0 Å². The van der Waals surface area contributed by atoms with Gasteiger partial charge in [-0.3, -0.25) is 0 Å². The van der Waals surface area contributed by atoms with Gasteiger partial charge in [-0.25, -0.2) is 4.79 Å². The summed E-state index contributed by atoms with van der Waals surface area (Å²) in [7, 11) is 0. The van der Waals surface area contributed by atoms with Gasteiger partial charge in [-0.2, -0.15) is 0 Å². The number of amides is 2. The Hall–Kier alpha value is -0.810. The molecule has 1 aliphatic carbocycles. The summed E-state index contributed by atoms with van der Waals surface area (Å²) < 4.78 is 0. The van der Waals surface area contributed by atoms with E-state index in [1.54, 1.807) is 0 Å². The maximum absolute atomic E-state index is 12.0. The topological polar surface area (TPSA) is 64.6 Å². The minimum Gasteiger partial charge on any atom is -0.396 e. The van der Waals surface area contributed by atoms with Gasteiger partial charge in [0.1, 0.15) is 0 Å². The van der Waals surface area contributed by atoms with Crippen LogP contribution < -0.4 is 10.6 Å². The summed E-state index contributed by atoms with van der Waals surface area (Å²) in [4.78, 5) is 14.6. The highest BCUT2D eigenvalue weighted by Gasteiger charge is 2.27. The van der Waals surface area contributed by atoms with Crippen molar-refractivity contribution in [3.8, 4) is 0 Å². The molecule has 0 spiro atoms. The molecule has 0 aromatic carbocycles. The van der Waals surface area contributed by atoms with E-state index in [9.17, 15) is 9.90 Å². The van der Waals surface area contributed by atoms with Gasteiger partial charge >= 0.3 is 6.03 Å². The molecule has 1 heterocycles. The number of nitrogens with zero attached hydrogens (tertiary/aromatic N) is 1. The van der Waals surface area contributed by atoms with Crippen LogP contribution in [0.25, 0.3) is 0 Å². The molecule has 3 N–H and O–H groups in total. The maximum Gasteiger partial charge on any atom is 0.315 e. The molecular formula is C18H35N3O2. The van der Waals surface area contributed by atoms with Gasteiger partial charge < -0.3 is 20.6 Å². The summed E-state index contributed by atoms with van der Waals surface area (Å²) in [5.74, 6) is 0. The highest BCUT2D eigenvalue weighted by Crippen LogP contribution is 2.26. The predicted octanol–water partition coefficient (Wildman–Crippen LogP) is 2.49. The Balaban J connectivity index is 1.56. The number of hydrogen-bond acceptors (Lipinski definition) is 3. The first-order chi connectivity index (χ1) is 11.0. The van der Waals surface area contributed by atoms with Crippen molar-refractivity contribution in [2.75, 3.05) is 26.2 Å². The molecule has 134 valence electrons. The Morgan fingerprint density at radius 3 is 2.43 bits per heavy atom. The monoisotopic (exact) mass is 325 g/mol. The number of urea groups is 1. The molecule has 2 rings (SSSR count). The third-order valence-electron chi connectivity index (χ3n) is 5.45. The van der Waals surface area contributed by atoms with E-state index in [2.05, 4.69) is 15.5 Å². The molecule has 1 aliphatic heterocycles. The zero-order chi connectivity index (χ0) is 16.7. The molecule has 1 saturated carbocycles. The number of aliphatic hydroxyl groups is 1. The quantitative estimate of drug-likeness (QED) is 0.630. The molecule has 5 nitrogen and oxygen atoms in total. The van der Waals surface area contributed by atoms with E-state index in [0.717, 1.165) is 44.8 Å². The number of hydrogen-bond donors (Lipinski definition) is 3. The Morgan fingerprint density at radius 2 is 1.83 bits per heavy atom. The SMILES string of the molecule is CC(C)(CO)CCCNC(=O)NC1CCN(C2CCCC2)CC1. The van der Waals surface area contributed by atoms with Crippen LogP contribution in [0.1, 0.15) is 65.2 Å². The van der Waals surface area contributed by atoms with Crippen LogP contribution in [0.3, 0.4) is 0 Å². The first kappa shape index (κ1) is 18.5. The van der Waals surface area contributed by atoms with Crippen molar-refractivity contribution in [3.05, 3.63) is 0 Å². The summed E-state index contributed by atoms with van der Waals surface area (Å²) in [6.45, 7) is 7.21. The third kappa shape index (κ3) is 6.30. The number of nitrogens with one attached hydrogen (secondary N) is 2. The maximum atomic E-state index is 12.0. The molecule has 0 unspecified atom stereocenters. The van der Waals surface area contributed by atoms with Gasteiger partial charge in [-0.05, 0) is 43.9 Å². The molecular weight excluding hydrogens is 290 g/mol. The lowest BCUT2D eigenvalue weighted by molar-refractivity contribution is 0.144. The molecule has 0 atom stereocenters. The highest BCUT2D eigenvalue weighted by molar-refractivity contribution is 5.74. The van der Waals surface area contributed by atoms with Crippen molar-refractivity contribution < 1.29 is 9.90 Å². The van der Waals surface area contributed by atoms with Crippen molar-refractivity contribution in [2.24, 2.45) is 5.41 Å². The van der Waals surface area contributed by atoms with E-state index in [1.165, 1.54) is 25.7 Å². The molecule has 1 saturated heterocycles. The Kier molecular flexibility index (Phi) is 7.15. The van der Waals surface area contributed by atoms with Gasteiger partial charge in [0.2, 0.25) is 0 Å². The van der Waals surface area contributed by atoms with Crippen LogP contribution in [0, 0.1) is 5.41 Å². The van der Waals surface area contributed by atoms with Crippen molar-refractivity contribution in [1.29, 1.82) is 0 Å². The molecule has 0 bridgehead atoms. The average molecular weight is 325 g/mol. The summed E-state index contributed by atoms with van der Waals surface area (Å²) in [6, 6.07) is 1.09. The Bertz CT molecular complexity index is 359. The van der Waals surface area contributed by atoms with E-state index in [4.69, 9.17) is 0 Å². The lowest BCUT2D eigenvalue weighted by atomic mass is 9.89. The van der Waals surface area contributed by atoms with Gasteiger partial charge in [0, 0.05) is 38.3 Å². The van der Waals surface area contributed by atoms with E-state index >= 15 is 0 Å². The number of piperidine rings is 1. The van der Waals surface area contributed by atoms with Crippen LogP contribution in [0.2, 0.25) is 0 Å². The zero-order valence-electron chi connectivity index (χ0n) is 14.9. The normalized spacial score (nSPS) is 21.5. The summed E-state index contributed by atoms with van der Waals surface area (Å²) >= 11 is 0. The van der Waals surface area contributed by atoms with Gasteiger partial charge in [0.25, 0.3) is 0 Å². The van der Waals surface area contributed by atoms with E-state index in [-0.39, 0.29) is 18.1 Å². The van der Waals surface area contributed by atoms with Gasteiger partial charge in [0.15, 0.2) is 0 Å².